The Labute approximate surface area is 78.9 Å². The Hall–Kier alpha value is -1.05. The van der Waals surface area contributed by atoms with Crippen molar-refractivity contribution >= 4 is 5.78 Å². The minimum atomic E-state index is 0.201. The van der Waals surface area contributed by atoms with E-state index in [9.17, 15) is 4.79 Å². The Morgan fingerprint density at radius 3 is 2.92 bits per heavy atom. The molecule has 0 aliphatic heterocycles. The van der Waals surface area contributed by atoms with E-state index in [0.717, 1.165) is 18.4 Å². The van der Waals surface area contributed by atoms with Crippen molar-refractivity contribution in [3.63, 3.8) is 0 Å². The molecule has 0 amide bonds. The highest BCUT2D eigenvalue weighted by atomic mass is 16.3. The van der Waals surface area contributed by atoms with Gasteiger partial charge in [0, 0.05) is 12.3 Å². The molecule has 0 aromatic carbocycles. The Kier molecular flexibility index (Phi) is 3.74. The fraction of sp³-hybridized carbons (Fsp3) is 0.545. The van der Waals surface area contributed by atoms with E-state index in [4.69, 9.17) is 4.42 Å². The van der Waals surface area contributed by atoms with Gasteiger partial charge in [-0.15, -0.1) is 0 Å². The fourth-order valence-electron chi connectivity index (χ4n) is 1.18. The first-order chi connectivity index (χ1) is 6.24. The van der Waals surface area contributed by atoms with Crippen LogP contribution in [-0.2, 0) is 11.2 Å². The molecule has 0 spiro atoms. The predicted molar refractivity (Wildman–Crippen MR) is 51.5 cm³/mol. The minimum Gasteiger partial charge on any atom is -0.472 e. The maximum absolute atomic E-state index is 11.4. The highest BCUT2D eigenvalue weighted by molar-refractivity contribution is 5.80. The van der Waals surface area contributed by atoms with E-state index in [2.05, 4.69) is 0 Å². The normalized spacial score (nSPS) is 12.8. The topological polar surface area (TPSA) is 30.2 Å². The fourth-order valence-corrected chi connectivity index (χ4v) is 1.18. The van der Waals surface area contributed by atoms with E-state index in [1.54, 1.807) is 12.5 Å². The molecule has 0 aliphatic carbocycles. The minimum absolute atomic E-state index is 0.201. The quantitative estimate of drug-likeness (QED) is 0.697. The van der Waals surface area contributed by atoms with Crippen molar-refractivity contribution in [2.24, 2.45) is 5.92 Å². The maximum atomic E-state index is 11.4. The van der Waals surface area contributed by atoms with Crippen LogP contribution < -0.4 is 0 Å². The van der Waals surface area contributed by atoms with Crippen molar-refractivity contribution in [1.29, 1.82) is 0 Å². The Bertz CT molecular complexity index is 249. The van der Waals surface area contributed by atoms with Crippen LogP contribution in [0.2, 0.25) is 0 Å². The van der Waals surface area contributed by atoms with Crippen LogP contribution in [0.1, 0.15) is 32.3 Å². The molecular weight excluding hydrogens is 164 g/mol. The Balaban J connectivity index is 2.31. The summed E-state index contributed by atoms with van der Waals surface area (Å²) in [6.07, 6.45) is 5.71. The lowest BCUT2D eigenvalue weighted by atomic mass is 9.98. The van der Waals surface area contributed by atoms with E-state index in [1.165, 1.54) is 0 Å². The molecule has 72 valence electrons. The molecule has 2 nitrogen and oxygen atoms in total. The van der Waals surface area contributed by atoms with Crippen molar-refractivity contribution < 1.29 is 9.21 Å². The van der Waals surface area contributed by atoms with Gasteiger partial charge in [0.15, 0.2) is 0 Å². The highest BCUT2D eigenvalue weighted by Gasteiger charge is 2.10. The van der Waals surface area contributed by atoms with Crippen LogP contribution in [0.25, 0.3) is 0 Å². The number of ketones is 1. The maximum Gasteiger partial charge on any atom is 0.136 e. The van der Waals surface area contributed by atoms with Crippen molar-refractivity contribution in [2.45, 2.75) is 33.1 Å². The van der Waals surface area contributed by atoms with Crippen LogP contribution in [0.15, 0.2) is 23.0 Å². The first-order valence-corrected chi connectivity index (χ1v) is 4.77. The largest absolute Gasteiger partial charge is 0.472 e. The van der Waals surface area contributed by atoms with Crippen LogP contribution in [0.3, 0.4) is 0 Å². The first-order valence-electron chi connectivity index (χ1n) is 4.77. The van der Waals surface area contributed by atoms with Gasteiger partial charge >= 0.3 is 0 Å². The molecule has 1 atom stereocenters. The summed E-state index contributed by atoms with van der Waals surface area (Å²) in [6.45, 7) is 4.03. The summed E-state index contributed by atoms with van der Waals surface area (Å²) < 4.78 is 4.92. The van der Waals surface area contributed by atoms with Crippen molar-refractivity contribution in [2.75, 3.05) is 0 Å². The molecule has 2 heteroatoms. The standard InChI is InChI=1S/C11H16O2/c1-3-9(2)11(12)5-4-10-6-7-13-8-10/h6-9H,3-5H2,1-2H3. The SMILES string of the molecule is CCC(C)C(=O)CCc1ccoc1. The summed E-state index contributed by atoms with van der Waals surface area (Å²) in [7, 11) is 0. The third kappa shape index (κ3) is 3.05. The molecule has 0 bridgehead atoms. The predicted octanol–water partition coefficient (Wildman–Crippen LogP) is 2.83. The molecule has 0 saturated carbocycles. The van der Waals surface area contributed by atoms with Gasteiger partial charge < -0.3 is 4.42 Å². The number of hydrogen-bond donors (Lipinski definition) is 0. The van der Waals surface area contributed by atoms with E-state index in [-0.39, 0.29) is 5.92 Å². The molecule has 0 N–H and O–H groups in total. The van der Waals surface area contributed by atoms with Gasteiger partial charge in [0.2, 0.25) is 0 Å². The van der Waals surface area contributed by atoms with Gasteiger partial charge in [-0.05, 0) is 24.5 Å². The van der Waals surface area contributed by atoms with E-state index >= 15 is 0 Å². The Morgan fingerprint density at radius 1 is 1.62 bits per heavy atom. The zero-order valence-electron chi connectivity index (χ0n) is 8.25. The van der Waals surface area contributed by atoms with Crippen molar-refractivity contribution in [3.05, 3.63) is 24.2 Å². The highest BCUT2D eigenvalue weighted by Crippen LogP contribution is 2.09. The summed E-state index contributed by atoms with van der Waals surface area (Å²) in [6, 6.07) is 1.91. The molecule has 0 saturated heterocycles. The number of furan rings is 1. The first kappa shape index (κ1) is 10.0. The number of Topliss-reactive ketones (excluding diaryl/α,β-unsaturated/α-hetero) is 1. The van der Waals surface area contributed by atoms with Gasteiger partial charge in [-0.2, -0.15) is 0 Å². The lowest BCUT2D eigenvalue weighted by Gasteiger charge is -2.05. The number of carbonyl (C=O) groups is 1. The number of rotatable bonds is 5. The lowest BCUT2D eigenvalue weighted by molar-refractivity contribution is -0.122. The average molecular weight is 180 g/mol. The van der Waals surface area contributed by atoms with Crippen molar-refractivity contribution in [3.8, 4) is 0 Å². The monoisotopic (exact) mass is 180 g/mol. The summed E-state index contributed by atoms with van der Waals surface area (Å²) >= 11 is 0. The average Bonchev–Trinajstić information content (AvgIpc) is 2.65. The van der Waals surface area contributed by atoms with Crippen LogP contribution >= 0.6 is 0 Å². The summed E-state index contributed by atoms with van der Waals surface area (Å²) in [5.41, 5.74) is 1.11. The second-order valence-corrected chi connectivity index (χ2v) is 3.41. The summed E-state index contributed by atoms with van der Waals surface area (Å²) in [4.78, 5) is 11.4. The molecule has 1 unspecified atom stereocenters. The number of aryl methyl sites for hydroxylation is 1. The molecular formula is C11H16O2. The number of hydrogen-bond acceptors (Lipinski definition) is 2. The molecule has 1 aromatic rings. The van der Waals surface area contributed by atoms with Crippen molar-refractivity contribution in [1.82, 2.24) is 0 Å². The van der Waals surface area contributed by atoms with Gasteiger partial charge in [0.25, 0.3) is 0 Å². The van der Waals surface area contributed by atoms with Gasteiger partial charge in [-0.1, -0.05) is 13.8 Å². The molecule has 13 heavy (non-hydrogen) atoms. The van der Waals surface area contributed by atoms with Gasteiger partial charge in [-0.3, -0.25) is 4.79 Å². The van der Waals surface area contributed by atoms with E-state index in [0.29, 0.717) is 12.2 Å². The smallest absolute Gasteiger partial charge is 0.136 e. The Morgan fingerprint density at radius 2 is 2.38 bits per heavy atom. The van der Waals surface area contributed by atoms with E-state index in [1.807, 2.05) is 19.9 Å². The van der Waals surface area contributed by atoms with Gasteiger partial charge in [0.05, 0.1) is 12.5 Å². The summed E-state index contributed by atoms with van der Waals surface area (Å²) in [5, 5.41) is 0. The molecule has 0 aliphatic rings. The second-order valence-electron chi connectivity index (χ2n) is 3.41. The molecule has 1 aromatic heterocycles. The van der Waals surface area contributed by atoms with Crippen LogP contribution in [0.4, 0.5) is 0 Å². The van der Waals surface area contributed by atoms with Crippen LogP contribution in [0, 0.1) is 5.92 Å². The van der Waals surface area contributed by atoms with Gasteiger partial charge in [0.1, 0.15) is 5.78 Å². The van der Waals surface area contributed by atoms with Gasteiger partial charge in [-0.25, -0.2) is 0 Å². The number of carbonyl (C=O) groups excluding carboxylic acids is 1. The summed E-state index contributed by atoms with van der Waals surface area (Å²) in [5.74, 6) is 0.551. The second kappa shape index (κ2) is 4.85. The van der Waals surface area contributed by atoms with Crippen LogP contribution in [0.5, 0.6) is 0 Å². The molecule has 1 heterocycles. The molecule has 0 fully saturated rings. The molecule has 1 rings (SSSR count). The zero-order chi connectivity index (χ0) is 9.68. The third-order valence-electron chi connectivity index (χ3n) is 2.40. The van der Waals surface area contributed by atoms with Crippen LogP contribution in [-0.4, -0.2) is 5.78 Å². The lowest BCUT2D eigenvalue weighted by Crippen LogP contribution is -2.10. The molecule has 0 radical (unpaired) electrons. The van der Waals surface area contributed by atoms with E-state index < -0.39 is 0 Å². The zero-order valence-corrected chi connectivity index (χ0v) is 8.25. The third-order valence-corrected chi connectivity index (χ3v) is 2.40.